The number of rotatable bonds is 6. The third kappa shape index (κ3) is 6.59. The number of nitrogens with one attached hydrogen (secondary N) is 1. The molecule has 1 N–H and O–H groups in total. The van der Waals surface area contributed by atoms with Gasteiger partial charge in [-0.2, -0.15) is 0 Å². The van der Waals surface area contributed by atoms with E-state index in [0.29, 0.717) is 0 Å². The van der Waals surface area contributed by atoms with Crippen LogP contribution in [-0.2, 0) is 25.0 Å². The maximum atomic E-state index is 5.12. The van der Waals surface area contributed by atoms with E-state index in [1.165, 1.54) is 37.7 Å². The minimum absolute atomic E-state index is 0.825. The molecule has 1 aromatic rings. The topological polar surface area (TPSA) is 12.0 Å². The molecule has 0 atom stereocenters. The standard InChI is InChI=1S/C13H19NS2.Mo/c1-2-3-4-5-6-11-7-9-12(10-8-11)14-13(15)16;/h7-10H,2-6H2,1H3,(H2,14,15,16);/q;+1/p-1. The van der Waals surface area contributed by atoms with E-state index in [9.17, 15) is 0 Å². The molecular weight excluding hydrogens is 330 g/mol. The number of unbranched alkanes of at least 4 members (excludes halogenated alkanes) is 3. The molecule has 0 unspecified atom stereocenters. The Morgan fingerprint density at radius 1 is 1.24 bits per heavy atom. The molecule has 1 aromatic carbocycles. The van der Waals surface area contributed by atoms with Crippen LogP contribution < -0.4 is 5.32 Å². The second-order valence-electron chi connectivity index (χ2n) is 4.00. The number of hydrogen-bond acceptors (Lipinski definition) is 2. The van der Waals surface area contributed by atoms with Gasteiger partial charge in [-0.25, -0.2) is 0 Å². The van der Waals surface area contributed by atoms with Gasteiger partial charge < -0.3 is 0 Å². The van der Waals surface area contributed by atoms with Crippen LogP contribution in [0.25, 0.3) is 0 Å². The van der Waals surface area contributed by atoms with Gasteiger partial charge in [-0.15, -0.1) is 0 Å². The molecule has 17 heavy (non-hydrogen) atoms. The van der Waals surface area contributed by atoms with Crippen LogP contribution in [0, 0.1) is 0 Å². The van der Waals surface area contributed by atoms with Crippen molar-refractivity contribution in [2.45, 2.75) is 39.0 Å². The normalized spacial score (nSPS) is 10.2. The molecule has 0 aromatic heterocycles. The molecule has 0 heterocycles. The minimum atomic E-state index is 0.825. The van der Waals surface area contributed by atoms with Crippen LogP contribution in [-0.4, -0.2) is 4.32 Å². The van der Waals surface area contributed by atoms with Gasteiger partial charge in [0.2, 0.25) is 0 Å². The predicted molar refractivity (Wildman–Crippen MR) is 78.1 cm³/mol. The van der Waals surface area contributed by atoms with Gasteiger partial charge in [0.05, 0.1) is 0 Å². The Morgan fingerprint density at radius 2 is 1.94 bits per heavy atom. The van der Waals surface area contributed by atoms with E-state index < -0.39 is 0 Å². The van der Waals surface area contributed by atoms with Crippen LogP contribution in [0.15, 0.2) is 24.3 Å². The SMILES string of the molecule is CCCCCCc1ccc(NC(=S)[S][Mo])cc1. The van der Waals surface area contributed by atoms with E-state index in [4.69, 9.17) is 12.2 Å². The molecule has 4 heteroatoms. The molecule has 0 bridgehead atoms. The van der Waals surface area contributed by atoms with E-state index in [0.717, 1.165) is 10.0 Å². The summed E-state index contributed by atoms with van der Waals surface area (Å²) in [6, 6.07) is 8.60. The first kappa shape index (κ1) is 15.2. The molecule has 0 amide bonds. The summed E-state index contributed by atoms with van der Waals surface area (Å²) < 4.78 is 0.825. The first-order chi connectivity index (χ1) is 8.26. The fraction of sp³-hybridized carbons (Fsp3) is 0.462. The first-order valence-corrected chi connectivity index (χ1v) is 9.56. The van der Waals surface area contributed by atoms with Crippen LogP contribution in [0.2, 0.25) is 0 Å². The van der Waals surface area contributed by atoms with Crippen molar-refractivity contribution in [3.63, 3.8) is 0 Å². The number of aryl methyl sites for hydroxylation is 1. The zero-order valence-corrected chi connectivity index (χ0v) is 13.7. The molecule has 0 fully saturated rings. The monoisotopic (exact) mass is 350 g/mol. The van der Waals surface area contributed by atoms with Crippen molar-refractivity contribution in [1.82, 2.24) is 0 Å². The summed E-state index contributed by atoms with van der Waals surface area (Å²) in [6.45, 7) is 2.25. The summed E-state index contributed by atoms with van der Waals surface area (Å²) in [5.74, 6) is 0. The predicted octanol–water partition coefficient (Wildman–Crippen LogP) is 4.70. The summed E-state index contributed by atoms with van der Waals surface area (Å²) >= 11 is 7.04. The maximum absolute atomic E-state index is 5.12. The van der Waals surface area contributed by atoms with Crippen molar-refractivity contribution < 1.29 is 18.5 Å². The molecular formula is C13H18MoNS2. The second kappa shape index (κ2) is 9.13. The number of hydrogen-bond donors (Lipinski definition) is 1. The van der Waals surface area contributed by atoms with Crippen molar-refractivity contribution in [2.75, 3.05) is 5.32 Å². The van der Waals surface area contributed by atoms with Gasteiger partial charge >= 0.3 is 117 Å². The molecule has 0 aliphatic carbocycles. The molecule has 1 nitrogen and oxygen atoms in total. The Morgan fingerprint density at radius 3 is 2.53 bits per heavy atom. The summed E-state index contributed by atoms with van der Waals surface area (Å²) in [5.41, 5.74) is 2.51. The summed E-state index contributed by atoms with van der Waals surface area (Å²) in [7, 11) is 1.57. The quantitative estimate of drug-likeness (QED) is 0.455. The van der Waals surface area contributed by atoms with Crippen molar-refractivity contribution in [3.05, 3.63) is 29.8 Å². The van der Waals surface area contributed by atoms with Crippen LogP contribution in [0.1, 0.15) is 38.2 Å². The summed E-state index contributed by atoms with van der Waals surface area (Å²) in [6.07, 6.45) is 6.47. The van der Waals surface area contributed by atoms with Crippen LogP contribution in [0.3, 0.4) is 0 Å². The van der Waals surface area contributed by atoms with Crippen LogP contribution >= 0.6 is 21.7 Å². The molecule has 0 aliphatic rings. The average Bonchev–Trinajstić information content (AvgIpc) is 2.36. The van der Waals surface area contributed by atoms with Gasteiger partial charge in [-0.05, 0) is 0 Å². The zero-order valence-electron chi connectivity index (χ0n) is 10.1. The van der Waals surface area contributed by atoms with Crippen molar-refractivity contribution in [1.29, 1.82) is 0 Å². The number of thiocarbonyl (C=S) groups is 1. The second-order valence-corrected chi connectivity index (χ2v) is 6.47. The Labute approximate surface area is 124 Å². The molecule has 0 spiro atoms. The van der Waals surface area contributed by atoms with Crippen molar-refractivity contribution in [2.24, 2.45) is 0 Å². The van der Waals surface area contributed by atoms with Gasteiger partial charge in [0, 0.05) is 0 Å². The van der Waals surface area contributed by atoms with E-state index >= 15 is 0 Å². The van der Waals surface area contributed by atoms with Gasteiger partial charge in [-0.1, -0.05) is 6.92 Å². The fourth-order valence-corrected chi connectivity index (χ4v) is 2.23. The Balaban J connectivity index is 2.36. The van der Waals surface area contributed by atoms with E-state index in [-0.39, 0.29) is 0 Å². The van der Waals surface area contributed by atoms with E-state index in [1.54, 1.807) is 9.47 Å². The average molecular weight is 348 g/mol. The first-order valence-electron chi connectivity index (χ1n) is 5.96. The third-order valence-electron chi connectivity index (χ3n) is 2.60. The molecule has 0 aliphatic heterocycles. The van der Waals surface area contributed by atoms with Gasteiger partial charge in [-0.3, -0.25) is 0 Å². The number of anilines is 1. The molecule has 0 radical (unpaired) electrons. The van der Waals surface area contributed by atoms with Gasteiger partial charge in [0.1, 0.15) is 0 Å². The Kier molecular flexibility index (Phi) is 8.17. The van der Waals surface area contributed by atoms with Crippen LogP contribution in [0.4, 0.5) is 5.69 Å². The summed E-state index contributed by atoms with van der Waals surface area (Å²) in [4.78, 5) is 0. The molecule has 1 rings (SSSR count). The molecule has 0 saturated carbocycles. The van der Waals surface area contributed by atoms with Gasteiger partial charge in [0.15, 0.2) is 0 Å². The summed E-state index contributed by atoms with van der Waals surface area (Å²) in [5, 5.41) is 3.19. The molecule has 0 saturated heterocycles. The molecule has 93 valence electrons. The zero-order chi connectivity index (χ0) is 12.5. The van der Waals surface area contributed by atoms with Crippen molar-refractivity contribution in [3.8, 4) is 0 Å². The van der Waals surface area contributed by atoms with Crippen molar-refractivity contribution >= 4 is 31.7 Å². The van der Waals surface area contributed by atoms with Gasteiger partial charge in [0.25, 0.3) is 0 Å². The van der Waals surface area contributed by atoms with E-state index in [1.807, 2.05) is 18.5 Å². The third-order valence-corrected chi connectivity index (χ3v) is 5.27. The number of benzene rings is 1. The fourth-order valence-electron chi connectivity index (χ4n) is 1.65. The van der Waals surface area contributed by atoms with E-state index in [2.05, 4.69) is 36.5 Å². The Bertz CT molecular complexity index is 338. The van der Waals surface area contributed by atoms with Crippen LogP contribution in [0.5, 0.6) is 0 Å². The Hall–Kier alpha value is 0.148.